The predicted molar refractivity (Wildman–Crippen MR) is 119 cm³/mol. The number of nitrogens with one attached hydrogen (secondary N) is 1. The number of anilines is 2. The maximum absolute atomic E-state index is 12.2. The van der Waals surface area contributed by atoms with E-state index in [0.29, 0.717) is 30.3 Å². The van der Waals surface area contributed by atoms with E-state index in [1.807, 2.05) is 26.8 Å². The van der Waals surface area contributed by atoms with Crippen LogP contribution in [0.4, 0.5) is 33.2 Å². The summed E-state index contributed by atoms with van der Waals surface area (Å²) in [7, 11) is 0. The Bertz CT molecular complexity index is 898. The summed E-state index contributed by atoms with van der Waals surface area (Å²) < 4.78 is 10.3. The average Bonchev–Trinajstić information content (AvgIpc) is 2.77. The maximum Gasteiger partial charge on any atom is 0.411 e. The van der Waals surface area contributed by atoms with E-state index in [-0.39, 0.29) is 12.3 Å². The molecule has 2 rings (SSSR count). The Balaban J connectivity index is 2.23. The lowest BCUT2D eigenvalue weighted by atomic mass is 10.2. The molecule has 2 aromatic rings. The van der Waals surface area contributed by atoms with E-state index >= 15 is 0 Å². The van der Waals surface area contributed by atoms with E-state index < -0.39 is 11.0 Å². The molecule has 0 aliphatic rings. The highest BCUT2D eigenvalue weighted by molar-refractivity contribution is 5.90. The minimum absolute atomic E-state index is 0.0281. The number of hydrogen-bond acceptors (Lipinski definition) is 8. The number of amides is 1. The van der Waals surface area contributed by atoms with Gasteiger partial charge in [0.2, 0.25) is 0 Å². The molecular weight excluding hydrogens is 402 g/mol. The molecule has 2 aromatic carbocycles. The van der Waals surface area contributed by atoms with Crippen LogP contribution in [0.15, 0.2) is 52.7 Å². The fourth-order valence-corrected chi connectivity index (χ4v) is 2.73. The number of rotatable bonds is 11. The Morgan fingerprint density at radius 3 is 2.39 bits per heavy atom. The highest BCUT2D eigenvalue weighted by atomic mass is 16.6. The molecule has 1 N–H and O–H groups in total. The molecular formula is C21H27N5O5. The molecule has 31 heavy (non-hydrogen) atoms. The van der Waals surface area contributed by atoms with Crippen LogP contribution in [0.25, 0.3) is 0 Å². The molecule has 0 bridgehead atoms. The van der Waals surface area contributed by atoms with E-state index in [2.05, 4.69) is 20.4 Å². The Morgan fingerprint density at radius 1 is 1.06 bits per heavy atom. The van der Waals surface area contributed by atoms with Crippen LogP contribution in [0.3, 0.4) is 0 Å². The fourth-order valence-electron chi connectivity index (χ4n) is 2.73. The Morgan fingerprint density at radius 2 is 1.77 bits per heavy atom. The summed E-state index contributed by atoms with van der Waals surface area (Å²) in [6, 6.07) is 11.2. The normalized spacial score (nSPS) is 10.8. The molecule has 0 radical (unpaired) electrons. The van der Waals surface area contributed by atoms with Crippen molar-refractivity contribution in [3.8, 4) is 0 Å². The Kier molecular flexibility index (Phi) is 9.37. The van der Waals surface area contributed by atoms with Crippen LogP contribution in [-0.4, -0.2) is 43.9 Å². The molecule has 0 heterocycles. The van der Waals surface area contributed by atoms with Gasteiger partial charge in [-0.3, -0.25) is 15.4 Å². The van der Waals surface area contributed by atoms with Crippen molar-refractivity contribution in [2.24, 2.45) is 10.2 Å². The van der Waals surface area contributed by atoms with Crippen molar-refractivity contribution in [3.63, 3.8) is 0 Å². The summed E-state index contributed by atoms with van der Waals surface area (Å²) in [6.07, 6.45) is -0.622. The Labute approximate surface area is 181 Å². The first-order chi connectivity index (χ1) is 15.0. The fraction of sp³-hybridized carbons (Fsp3) is 0.381. The summed E-state index contributed by atoms with van der Waals surface area (Å²) >= 11 is 0. The van der Waals surface area contributed by atoms with Gasteiger partial charge in [-0.15, -0.1) is 5.11 Å². The van der Waals surface area contributed by atoms with E-state index in [0.717, 1.165) is 18.8 Å². The first kappa shape index (κ1) is 23.7. The quantitative estimate of drug-likeness (QED) is 0.220. The van der Waals surface area contributed by atoms with Crippen molar-refractivity contribution in [2.75, 3.05) is 43.1 Å². The molecule has 0 saturated carbocycles. The average molecular weight is 429 g/mol. The van der Waals surface area contributed by atoms with E-state index in [1.165, 1.54) is 24.3 Å². The van der Waals surface area contributed by atoms with Gasteiger partial charge in [0.05, 0.1) is 22.9 Å². The SMILES string of the molecule is CCOCCOC(=O)Nc1cc(N(CC)CC)ccc1N=Nc1ccc([N+](=O)[O-])cc1. The highest BCUT2D eigenvalue weighted by Crippen LogP contribution is 2.32. The summed E-state index contributed by atoms with van der Waals surface area (Å²) in [5.74, 6) is 0. The topological polar surface area (TPSA) is 119 Å². The number of benzene rings is 2. The molecule has 10 heteroatoms. The highest BCUT2D eigenvalue weighted by Gasteiger charge is 2.12. The molecule has 0 atom stereocenters. The van der Waals surface area contributed by atoms with Gasteiger partial charge in [0, 0.05) is 37.5 Å². The molecule has 0 aliphatic heterocycles. The largest absolute Gasteiger partial charge is 0.447 e. The first-order valence-electron chi connectivity index (χ1n) is 10.0. The third kappa shape index (κ3) is 7.34. The number of nitrogens with zero attached hydrogens (tertiary/aromatic N) is 4. The number of hydrogen-bond donors (Lipinski definition) is 1. The molecule has 0 fully saturated rings. The maximum atomic E-state index is 12.2. The number of carbonyl (C=O) groups excluding carboxylic acids is 1. The van der Waals surface area contributed by atoms with Gasteiger partial charge in [0.15, 0.2) is 0 Å². The van der Waals surface area contributed by atoms with Crippen molar-refractivity contribution in [3.05, 3.63) is 52.6 Å². The molecule has 0 unspecified atom stereocenters. The van der Waals surface area contributed by atoms with Crippen molar-refractivity contribution >= 4 is 34.5 Å². The molecule has 1 amide bonds. The lowest BCUT2D eigenvalue weighted by Crippen LogP contribution is -2.22. The monoisotopic (exact) mass is 429 g/mol. The van der Waals surface area contributed by atoms with Crippen LogP contribution in [0.2, 0.25) is 0 Å². The lowest BCUT2D eigenvalue weighted by molar-refractivity contribution is -0.384. The number of nitro benzene ring substituents is 1. The van der Waals surface area contributed by atoms with Crippen molar-refractivity contribution in [1.29, 1.82) is 0 Å². The van der Waals surface area contributed by atoms with Crippen LogP contribution in [0, 0.1) is 10.1 Å². The Hall–Kier alpha value is -3.53. The van der Waals surface area contributed by atoms with E-state index in [4.69, 9.17) is 9.47 Å². The molecule has 0 aromatic heterocycles. The molecule has 0 aliphatic carbocycles. The summed E-state index contributed by atoms with van der Waals surface area (Å²) in [5, 5.41) is 21.8. The van der Waals surface area contributed by atoms with Crippen molar-refractivity contribution in [2.45, 2.75) is 20.8 Å². The summed E-state index contributed by atoms with van der Waals surface area (Å²) in [5.41, 5.74) is 2.21. The van der Waals surface area contributed by atoms with Gasteiger partial charge in [-0.25, -0.2) is 4.79 Å². The van der Waals surface area contributed by atoms with Crippen LogP contribution < -0.4 is 10.2 Å². The lowest BCUT2D eigenvalue weighted by Gasteiger charge is -2.22. The minimum atomic E-state index is -0.622. The van der Waals surface area contributed by atoms with Gasteiger partial charge in [0.1, 0.15) is 12.3 Å². The van der Waals surface area contributed by atoms with E-state index in [1.54, 1.807) is 12.1 Å². The van der Waals surface area contributed by atoms with Gasteiger partial charge in [-0.05, 0) is 51.1 Å². The molecule has 10 nitrogen and oxygen atoms in total. The smallest absolute Gasteiger partial charge is 0.411 e. The van der Waals surface area contributed by atoms with Crippen LogP contribution in [0.1, 0.15) is 20.8 Å². The minimum Gasteiger partial charge on any atom is -0.447 e. The number of ether oxygens (including phenoxy) is 2. The zero-order valence-electron chi connectivity index (χ0n) is 17.9. The summed E-state index contributed by atoms with van der Waals surface area (Å²) in [6.45, 7) is 8.55. The third-order valence-electron chi connectivity index (χ3n) is 4.34. The number of non-ortho nitro benzene ring substituents is 1. The standard InChI is InChI=1S/C21H27N5O5/c1-4-25(5-2)18-11-12-19(20(15-18)22-21(27)31-14-13-30-6-3)24-23-16-7-9-17(10-8-16)26(28)29/h7-12,15H,4-6,13-14H2,1-3H3,(H,22,27). The van der Waals surface area contributed by atoms with Crippen LogP contribution >= 0.6 is 0 Å². The molecule has 0 spiro atoms. The van der Waals surface area contributed by atoms with Gasteiger partial charge in [0.25, 0.3) is 5.69 Å². The first-order valence-corrected chi connectivity index (χ1v) is 10.0. The second-order valence-corrected chi connectivity index (χ2v) is 6.31. The molecule has 166 valence electrons. The van der Waals surface area contributed by atoms with E-state index in [9.17, 15) is 14.9 Å². The zero-order chi connectivity index (χ0) is 22.6. The second-order valence-electron chi connectivity index (χ2n) is 6.31. The van der Waals surface area contributed by atoms with Gasteiger partial charge < -0.3 is 14.4 Å². The van der Waals surface area contributed by atoms with Crippen LogP contribution in [0.5, 0.6) is 0 Å². The van der Waals surface area contributed by atoms with Gasteiger partial charge in [-0.1, -0.05) is 0 Å². The third-order valence-corrected chi connectivity index (χ3v) is 4.34. The number of azo groups is 1. The second kappa shape index (κ2) is 12.2. The van der Waals surface area contributed by atoms with Crippen molar-refractivity contribution in [1.82, 2.24) is 0 Å². The van der Waals surface area contributed by atoms with Gasteiger partial charge >= 0.3 is 6.09 Å². The number of nitro groups is 1. The number of carbonyl (C=O) groups is 1. The zero-order valence-corrected chi connectivity index (χ0v) is 17.9. The summed E-state index contributed by atoms with van der Waals surface area (Å²) in [4.78, 5) is 24.6. The van der Waals surface area contributed by atoms with Gasteiger partial charge in [-0.2, -0.15) is 5.11 Å². The predicted octanol–water partition coefficient (Wildman–Crippen LogP) is 5.44. The molecule has 0 saturated heterocycles. The van der Waals surface area contributed by atoms with Crippen LogP contribution in [-0.2, 0) is 9.47 Å². The van der Waals surface area contributed by atoms with Crippen molar-refractivity contribution < 1.29 is 19.2 Å².